The fourth-order valence-electron chi connectivity index (χ4n) is 1.78. The molecule has 0 saturated heterocycles. The van der Waals surface area contributed by atoms with Gasteiger partial charge in [-0.15, -0.1) is 0 Å². The van der Waals surface area contributed by atoms with Gasteiger partial charge in [-0.25, -0.2) is 0 Å². The fraction of sp³-hybridized carbons (Fsp3) is 0.0714. The number of halogens is 1. The first kappa shape index (κ1) is 11.7. The lowest BCUT2D eigenvalue weighted by atomic mass is 9.98. The van der Waals surface area contributed by atoms with Crippen molar-refractivity contribution in [1.82, 2.24) is 0 Å². The van der Waals surface area contributed by atoms with E-state index in [2.05, 4.69) is 0 Å². The van der Waals surface area contributed by atoms with Crippen LogP contribution in [0.2, 0.25) is 5.02 Å². The molecule has 0 radical (unpaired) electrons. The van der Waals surface area contributed by atoms with Gasteiger partial charge in [-0.1, -0.05) is 48.0 Å². The van der Waals surface area contributed by atoms with Gasteiger partial charge in [-0.2, -0.15) is 0 Å². The lowest BCUT2D eigenvalue weighted by molar-refractivity contribution is -0.136. The van der Waals surface area contributed by atoms with Crippen molar-refractivity contribution in [1.29, 1.82) is 0 Å². The molecular weight excluding hydrogens is 236 g/mol. The molecule has 0 amide bonds. The number of carboxylic acid groups (broad SMARTS) is 1. The summed E-state index contributed by atoms with van der Waals surface area (Å²) < 4.78 is 0. The minimum atomic E-state index is -0.834. The van der Waals surface area contributed by atoms with Crippen LogP contribution >= 0.6 is 11.6 Å². The maximum Gasteiger partial charge on any atom is 0.307 e. The molecule has 2 aromatic rings. The third-order valence-corrected chi connectivity index (χ3v) is 2.73. The van der Waals surface area contributed by atoms with Gasteiger partial charge in [-0.05, 0) is 28.8 Å². The van der Waals surface area contributed by atoms with Crippen LogP contribution in [0.4, 0.5) is 0 Å². The fourth-order valence-corrected chi connectivity index (χ4v) is 1.97. The van der Waals surface area contributed by atoms with Crippen LogP contribution < -0.4 is 0 Å². The van der Waals surface area contributed by atoms with Crippen molar-refractivity contribution in [2.24, 2.45) is 0 Å². The molecule has 0 heterocycles. The summed E-state index contributed by atoms with van der Waals surface area (Å²) in [6.07, 6.45) is 0.0166. The summed E-state index contributed by atoms with van der Waals surface area (Å²) in [5, 5.41) is 9.51. The Balaban J connectivity index is 2.47. The van der Waals surface area contributed by atoms with E-state index in [1.165, 1.54) is 0 Å². The van der Waals surface area contributed by atoms with Gasteiger partial charge in [0.25, 0.3) is 0 Å². The summed E-state index contributed by atoms with van der Waals surface area (Å²) in [4.78, 5) is 10.8. The molecular formula is C14H11ClO2. The maximum atomic E-state index is 10.8. The zero-order chi connectivity index (χ0) is 12.3. The summed E-state index contributed by atoms with van der Waals surface area (Å²) in [5.74, 6) is -0.834. The van der Waals surface area contributed by atoms with Crippen LogP contribution in [0, 0.1) is 0 Å². The standard InChI is InChI=1S/C14H11ClO2/c15-12-6-3-5-10(8-12)13-7-2-1-4-11(13)9-14(16)17/h1-8H,9H2,(H,16,17). The normalized spacial score (nSPS) is 10.2. The maximum absolute atomic E-state index is 10.8. The second kappa shape index (κ2) is 5.02. The van der Waals surface area contributed by atoms with Crippen LogP contribution in [-0.4, -0.2) is 11.1 Å². The minimum absolute atomic E-state index is 0.0166. The molecule has 0 saturated carbocycles. The Morgan fingerprint density at radius 2 is 1.88 bits per heavy atom. The Kier molecular flexibility index (Phi) is 3.45. The predicted octanol–water partition coefficient (Wildman–Crippen LogP) is 3.63. The van der Waals surface area contributed by atoms with E-state index in [-0.39, 0.29) is 6.42 Å². The summed E-state index contributed by atoms with van der Waals surface area (Å²) >= 11 is 5.94. The first-order chi connectivity index (χ1) is 8.16. The van der Waals surface area contributed by atoms with E-state index in [1.54, 1.807) is 6.07 Å². The second-order valence-corrected chi connectivity index (χ2v) is 4.17. The van der Waals surface area contributed by atoms with Gasteiger partial charge in [0.1, 0.15) is 0 Å². The molecule has 0 atom stereocenters. The Labute approximate surface area is 104 Å². The molecule has 0 spiro atoms. The van der Waals surface area contributed by atoms with Gasteiger partial charge >= 0.3 is 5.97 Å². The molecule has 2 aromatic carbocycles. The SMILES string of the molecule is O=C(O)Cc1ccccc1-c1cccc(Cl)c1. The van der Waals surface area contributed by atoms with Gasteiger partial charge in [0.2, 0.25) is 0 Å². The molecule has 1 N–H and O–H groups in total. The summed E-state index contributed by atoms with van der Waals surface area (Å²) in [6, 6.07) is 14.9. The number of carboxylic acids is 1. The number of hydrogen-bond acceptors (Lipinski definition) is 1. The monoisotopic (exact) mass is 246 g/mol. The van der Waals surface area contributed by atoms with Gasteiger partial charge in [-0.3, -0.25) is 4.79 Å². The third kappa shape index (κ3) is 2.86. The van der Waals surface area contributed by atoms with Crippen LogP contribution in [0.1, 0.15) is 5.56 Å². The predicted molar refractivity (Wildman–Crippen MR) is 68.2 cm³/mol. The quantitative estimate of drug-likeness (QED) is 0.898. The average Bonchev–Trinajstić information content (AvgIpc) is 2.29. The first-order valence-electron chi connectivity index (χ1n) is 5.22. The van der Waals surface area contributed by atoms with Crippen LogP contribution in [0.5, 0.6) is 0 Å². The Hall–Kier alpha value is -1.80. The Bertz CT molecular complexity index is 549. The summed E-state index contributed by atoms with van der Waals surface area (Å²) in [5.41, 5.74) is 2.65. The van der Waals surface area contributed by atoms with Crippen LogP contribution in [0.3, 0.4) is 0 Å². The van der Waals surface area contributed by atoms with E-state index in [4.69, 9.17) is 16.7 Å². The van der Waals surface area contributed by atoms with E-state index < -0.39 is 5.97 Å². The molecule has 0 aliphatic rings. The van der Waals surface area contributed by atoms with Crippen LogP contribution in [0.15, 0.2) is 48.5 Å². The molecule has 86 valence electrons. The van der Waals surface area contributed by atoms with Crippen LogP contribution in [0.25, 0.3) is 11.1 Å². The highest BCUT2D eigenvalue weighted by molar-refractivity contribution is 6.30. The first-order valence-corrected chi connectivity index (χ1v) is 5.60. The van der Waals surface area contributed by atoms with Gasteiger partial charge in [0, 0.05) is 5.02 Å². The molecule has 0 aliphatic carbocycles. The highest BCUT2D eigenvalue weighted by Gasteiger charge is 2.08. The molecule has 17 heavy (non-hydrogen) atoms. The number of benzene rings is 2. The molecule has 0 aliphatic heterocycles. The lowest BCUT2D eigenvalue weighted by Crippen LogP contribution is -2.01. The molecule has 0 unspecified atom stereocenters. The van der Waals surface area contributed by atoms with Crippen molar-refractivity contribution in [2.75, 3.05) is 0 Å². The van der Waals surface area contributed by atoms with Crippen molar-refractivity contribution in [3.05, 3.63) is 59.1 Å². The third-order valence-electron chi connectivity index (χ3n) is 2.49. The molecule has 0 bridgehead atoms. The largest absolute Gasteiger partial charge is 0.481 e. The molecule has 3 heteroatoms. The van der Waals surface area contributed by atoms with Gasteiger partial charge in [0.15, 0.2) is 0 Å². The molecule has 2 nitrogen and oxygen atoms in total. The van der Waals surface area contributed by atoms with Crippen molar-refractivity contribution < 1.29 is 9.90 Å². The van der Waals surface area contributed by atoms with E-state index in [1.807, 2.05) is 42.5 Å². The molecule has 0 fully saturated rings. The smallest absolute Gasteiger partial charge is 0.307 e. The van der Waals surface area contributed by atoms with Crippen molar-refractivity contribution in [3.8, 4) is 11.1 Å². The van der Waals surface area contributed by atoms with Crippen molar-refractivity contribution >= 4 is 17.6 Å². The zero-order valence-electron chi connectivity index (χ0n) is 9.06. The van der Waals surface area contributed by atoms with Crippen molar-refractivity contribution in [3.63, 3.8) is 0 Å². The summed E-state index contributed by atoms with van der Waals surface area (Å²) in [7, 11) is 0. The highest BCUT2D eigenvalue weighted by Crippen LogP contribution is 2.26. The Morgan fingerprint density at radius 3 is 2.59 bits per heavy atom. The summed E-state index contributed by atoms with van der Waals surface area (Å²) in [6.45, 7) is 0. The highest BCUT2D eigenvalue weighted by atomic mass is 35.5. The number of rotatable bonds is 3. The number of hydrogen-bond donors (Lipinski definition) is 1. The number of carbonyl (C=O) groups is 1. The van der Waals surface area contributed by atoms with E-state index in [0.717, 1.165) is 16.7 Å². The molecule has 0 aromatic heterocycles. The van der Waals surface area contributed by atoms with E-state index >= 15 is 0 Å². The van der Waals surface area contributed by atoms with Gasteiger partial charge < -0.3 is 5.11 Å². The molecule has 2 rings (SSSR count). The lowest BCUT2D eigenvalue weighted by Gasteiger charge is -2.08. The topological polar surface area (TPSA) is 37.3 Å². The van der Waals surface area contributed by atoms with Crippen molar-refractivity contribution in [2.45, 2.75) is 6.42 Å². The van der Waals surface area contributed by atoms with E-state index in [9.17, 15) is 4.79 Å². The Morgan fingerprint density at radius 1 is 1.12 bits per heavy atom. The van der Waals surface area contributed by atoms with Gasteiger partial charge in [0.05, 0.1) is 6.42 Å². The average molecular weight is 247 g/mol. The minimum Gasteiger partial charge on any atom is -0.481 e. The van der Waals surface area contributed by atoms with Crippen LogP contribution in [-0.2, 0) is 11.2 Å². The zero-order valence-corrected chi connectivity index (χ0v) is 9.82. The second-order valence-electron chi connectivity index (χ2n) is 3.74. The number of aliphatic carboxylic acids is 1. The van der Waals surface area contributed by atoms with E-state index in [0.29, 0.717) is 5.02 Å².